The normalized spacial score (nSPS) is 23.6. The van der Waals surface area contributed by atoms with Gasteiger partial charge in [0.2, 0.25) is 0 Å². The van der Waals surface area contributed by atoms with Crippen LogP contribution >= 0.6 is 27.5 Å². The zero-order valence-corrected chi connectivity index (χ0v) is 14.0. The van der Waals surface area contributed by atoms with Gasteiger partial charge >= 0.3 is 0 Å². The van der Waals surface area contributed by atoms with Crippen LogP contribution in [0.5, 0.6) is 0 Å². The van der Waals surface area contributed by atoms with Crippen LogP contribution in [0.4, 0.5) is 5.69 Å². The number of hydrogen-bond acceptors (Lipinski definition) is 2. The molecule has 1 heterocycles. The van der Waals surface area contributed by atoms with E-state index in [1.807, 2.05) is 12.3 Å². The fourth-order valence-corrected chi connectivity index (χ4v) is 3.49. The molecule has 0 aliphatic heterocycles. The minimum atomic E-state index is 0.520. The Bertz CT molecular complexity index is 423. The summed E-state index contributed by atoms with van der Waals surface area (Å²) in [4.78, 5) is 4.17. The predicted octanol–water partition coefficient (Wildman–Crippen LogP) is 5.51. The van der Waals surface area contributed by atoms with Crippen molar-refractivity contribution in [2.24, 2.45) is 11.8 Å². The Morgan fingerprint density at radius 3 is 2.95 bits per heavy atom. The lowest BCUT2D eigenvalue weighted by atomic mass is 9.81. The predicted molar refractivity (Wildman–Crippen MR) is 85.8 cm³/mol. The molecule has 4 heteroatoms. The lowest BCUT2D eigenvalue weighted by Gasteiger charge is -2.31. The zero-order valence-electron chi connectivity index (χ0n) is 11.6. The van der Waals surface area contributed by atoms with Crippen molar-refractivity contribution >= 4 is 33.2 Å². The van der Waals surface area contributed by atoms with Gasteiger partial charge in [-0.25, -0.2) is 4.98 Å². The summed E-state index contributed by atoms with van der Waals surface area (Å²) in [6, 6.07) is 2.59. The molecule has 2 nitrogen and oxygen atoms in total. The second-order valence-electron chi connectivity index (χ2n) is 6.00. The van der Waals surface area contributed by atoms with Crippen molar-refractivity contribution in [2.75, 3.05) is 5.32 Å². The maximum Gasteiger partial charge on any atom is 0.143 e. The van der Waals surface area contributed by atoms with E-state index in [9.17, 15) is 0 Å². The van der Waals surface area contributed by atoms with E-state index in [0.29, 0.717) is 11.2 Å². The molecule has 0 spiro atoms. The molecule has 0 amide bonds. The van der Waals surface area contributed by atoms with Crippen molar-refractivity contribution < 1.29 is 0 Å². The molecule has 19 heavy (non-hydrogen) atoms. The molecule has 2 atom stereocenters. The molecule has 0 bridgehead atoms. The second-order valence-corrected chi connectivity index (χ2v) is 7.21. The van der Waals surface area contributed by atoms with E-state index in [2.05, 4.69) is 40.1 Å². The van der Waals surface area contributed by atoms with Crippen LogP contribution in [0.25, 0.3) is 0 Å². The highest BCUT2D eigenvalue weighted by molar-refractivity contribution is 9.10. The summed E-state index contributed by atoms with van der Waals surface area (Å²) in [5.41, 5.74) is 1.06. The number of nitrogens with one attached hydrogen (secondary N) is 1. The minimum Gasteiger partial charge on any atom is -0.381 e. The molecular weight excluding hydrogens is 324 g/mol. The van der Waals surface area contributed by atoms with Crippen molar-refractivity contribution in [1.82, 2.24) is 4.98 Å². The fourth-order valence-electron chi connectivity index (χ4n) is 3.04. The quantitative estimate of drug-likeness (QED) is 0.727. The number of nitrogens with zero attached hydrogens (tertiary/aromatic N) is 1. The largest absolute Gasteiger partial charge is 0.381 e. The summed E-state index contributed by atoms with van der Waals surface area (Å²) in [5, 5.41) is 4.12. The highest BCUT2D eigenvalue weighted by atomic mass is 79.9. The summed E-state index contributed by atoms with van der Waals surface area (Å²) in [6.07, 6.45) is 8.42. The van der Waals surface area contributed by atoms with Crippen molar-refractivity contribution in [1.29, 1.82) is 0 Å². The van der Waals surface area contributed by atoms with Gasteiger partial charge in [-0.05, 0) is 53.1 Å². The van der Waals surface area contributed by atoms with E-state index in [1.165, 1.54) is 32.1 Å². The van der Waals surface area contributed by atoms with Gasteiger partial charge in [0.1, 0.15) is 5.15 Å². The first-order valence-electron chi connectivity index (χ1n) is 7.12. The van der Waals surface area contributed by atoms with E-state index in [1.54, 1.807) is 0 Å². The van der Waals surface area contributed by atoms with Crippen LogP contribution in [-0.4, -0.2) is 11.0 Å². The van der Waals surface area contributed by atoms with Gasteiger partial charge < -0.3 is 5.32 Å². The van der Waals surface area contributed by atoms with Gasteiger partial charge in [0, 0.05) is 6.04 Å². The second kappa shape index (κ2) is 6.94. The van der Waals surface area contributed by atoms with Gasteiger partial charge in [-0.3, -0.25) is 0 Å². The fraction of sp³-hybridized carbons (Fsp3) is 0.667. The highest BCUT2D eigenvalue weighted by Crippen LogP contribution is 2.31. The van der Waals surface area contributed by atoms with Crippen molar-refractivity contribution in [2.45, 2.75) is 52.0 Å². The number of pyridine rings is 1. The van der Waals surface area contributed by atoms with E-state index in [-0.39, 0.29) is 0 Å². The van der Waals surface area contributed by atoms with E-state index < -0.39 is 0 Å². The Labute approximate surface area is 129 Å². The molecule has 1 aromatic heterocycles. The first-order valence-corrected chi connectivity index (χ1v) is 8.29. The molecule has 1 fully saturated rings. The minimum absolute atomic E-state index is 0.520. The number of anilines is 1. The van der Waals surface area contributed by atoms with Gasteiger partial charge in [-0.1, -0.05) is 38.3 Å². The molecule has 1 aliphatic carbocycles. The van der Waals surface area contributed by atoms with Gasteiger partial charge in [-0.15, -0.1) is 0 Å². The summed E-state index contributed by atoms with van der Waals surface area (Å²) >= 11 is 9.34. The van der Waals surface area contributed by atoms with Gasteiger partial charge in [0.15, 0.2) is 0 Å². The molecule has 2 unspecified atom stereocenters. The SMILES string of the molecule is CC(C)CC1CCCC(Nc2cnc(Cl)c(Br)c2)C1. The molecule has 2 rings (SSSR count). The number of rotatable bonds is 4. The molecule has 106 valence electrons. The van der Waals surface area contributed by atoms with Crippen molar-refractivity contribution in [3.63, 3.8) is 0 Å². The molecule has 1 saturated carbocycles. The Morgan fingerprint density at radius 2 is 2.26 bits per heavy atom. The zero-order chi connectivity index (χ0) is 13.8. The smallest absolute Gasteiger partial charge is 0.143 e. The van der Waals surface area contributed by atoms with Gasteiger partial charge in [0.05, 0.1) is 16.4 Å². The average Bonchev–Trinajstić information content (AvgIpc) is 2.33. The Kier molecular flexibility index (Phi) is 5.52. The van der Waals surface area contributed by atoms with Crippen molar-refractivity contribution in [3.8, 4) is 0 Å². The van der Waals surface area contributed by atoms with E-state index in [0.717, 1.165) is 22.0 Å². The third-order valence-corrected chi connectivity index (χ3v) is 4.89. The van der Waals surface area contributed by atoms with E-state index in [4.69, 9.17) is 11.6 Å². The Balaban J connectivity index is 1.92. The third-order valence-electron chi connectivity index (χ3n) is 3.75. The van der Waals surface area contributed by atoms with Crippen molar-refractivity contribution in [3.05, 3.63) is 21.9 Å². The summed E-state index contributed by atoms with van der Waals surface area (Å²) in [5.74, 6) is 1.67. The Hall–Kier alpha value is -0.280. The maximum atomic E-state index is 5.92. The topological polar surface area (TPSA) is 24.9 Å². The van der Waals surface area contributed by atoms with Crippen LogP contribution in [0.1, 0.15) is 46.0 Å². The van der Waals surface area contributed by atoms with Crippen LogP contribution in [0.2, 0.25) is 5.15 Å². The molecule has 1 aliphatic rings. The highest BCUT2D eigenvalue weighted by Gasteiger charge is 2.22. The van der Waals surface area contributed by atoms with Crippen LogP contribution in [-0.2, 0) is 0 Å². The monoisotopic (exact) mass is 344 g/mol. The molecule has 1 aromatic rings. The first-order chi connectivity index (χ1) is 9.04. The lowest BCUT2D eigenvalue weighted by molar-refractivity contribution is 0.289. The van der Waals surface area contributed by atoms with Crippen LogP contribution in [0.15, 0.2) is 16.7 Å². The summed E-state index contributed by atoms with van der Waals surface area (Å²) in [6.45, 7) is 4.63. The van der Waals surface area contributed by atoms with Gasteiger partial charge in [0.25, 0.3) is 0 Å². The standard InChI is InChI=1S/C15H22BrClN2/c1-10(2)6-11-4-3-5-12(7-11)19-13-8-14(16)15(17)18-9-13/h8-12,19H,3-7H2,1-2H3. The van der Waals surface area contributed by atoms with Gasteiger partial charge in [-0.2, -0.15) is 0 Å². The molecule has 1 N–H and O–H groups in total. The molecule has 0 aromatic carbocycles. The number of hydrogen-bond donors (Lipinski definition) is 1. The average molecular weight is 346 g/mol. The van der Waals surface area contributed by atoms with Crippen LogP contribution < -0.4 is 5.32 Å². The van der Waals surface area contributed by atoms with E-state index >= 15 is 0 Å². The molecule has 0 saturated heterocycles. The number of aromatic nitrogens is 1. The third kappa shape index (κ3) is 4.64. The summed E-state index contributed by atoms with van der Waals surface area (Å²) < 4.78 is 0.855. The number of halogens is 2. The summed E-state index contributed by atoms with van der Waals surface area (Å²) in [7, 11) is 0. The molecular formula is C15H22BrClN2. The molecule has 0 radical (unpaired) electrons. The maximum absolute atomic E-state index is 5.92. The van der Waals surface area contributed by atoms with Crippen LogP contribution in [0.3, 0.4) is 0 Å². The Morgan fingerprint density at radius 1 is 1.47 bits per heavy atom. The van der Waals surface area contributed by atoms with Crippen LogP contribution in [0, 0.1) is 11.8 Å². The first kappa shape index (κ1) is 15.1. The lowest BCUT2D eigenvalue weighted by Crippen LogP contribution is -2.28.